The second kappa shape index (κ2) is 9.97. The second-order valence-electron chi connectivity index (χ2n) is 9.86. The standard InChI is InChI=1S/C27H34FN3O5/c1-16-17(2)24-21(18(3)23(16)33)9-10-27(4,36-24)26(35)29-22(15-32)25(34)31-13-11-30(12-14-31)20-7-5-19(28)6-8-20/h5-8,22,32-33H,9-15H2,1-4H3,(H,29,35)/t22-,27?/m0/s1. The number of phenolic OH excluding ortho intramolecular Hbond substituents is 1. The lowest BCUT2D eigenvalue weighted by Gasteiger charge is -2.39. The first kappa shape index (κ1) is 25.8. The number of phenols is 1. The molecular formula is C27H34FN3O5. The summed E-state index contributed by atoms with van der Waals surface area (Å²) in [5.74, 6) is -0.277. The van der Waals surface area contributed by atoms with Crippen molar-refractivity contribution in [2.75, 3.05) is 37.7 Å². The third-order valence-electron chi connectivity index (χ3n) is 7.57. The number of hydrogen-bond acceptors (Lipinski definition) is 6. The molecule has 2 aliphatic rings. The Morgan fingerprint density at radius 2 is 1.72 bits per heavy atom. The summed E-state index contributed by atoms with van der Waals surface area (Å²) in [7, 11) is 0. The summed E-state index contributed by atoms with van der Waals surface area (Å²) in [6.07, 6.45) is 0.917. The summed E-state index contributed by atoms with van der Waals surface area (Å²) >= 11 is 0. The van der Waals surface area contributed by atoms with Gasteiger partial charge >= 0.3 is 0 Å². The quantitative estimate of drug-likeness (QED) is 0.584. The van der Waals surface area contributed by atoms with Crippen molar-refractivity contribution in [2.45, 2.75) is 52.2 Å². The average Bonchev–Trinajstić information content (AvgIpc) is 2.89. The molecule has 2 aromatic carbocycles. The molecule has 2 aliphatic heterocycles. The van der Waals surface area contributed by atoms with Crippen LogP contribution < -0.4 is 15.0 Å². The van der Waals surface area contributed by atoms with Crippen LogP contribution in [0.4, 0.5) is 10.1 Å². The fourth-order valence-corrected chi connectivity index (χ4v) is 4.96. The molecule has 3 N–H and O–H groups in total. The van der Waals surface area contributed by atoms with Crippen LogP contribution in [0.25, 0.3) is 0 Å². The van der Waals surface area contributed by atoms with Gasteiger partial charge in [0.25, 0.3) is 5.91 Å². The summed E-state index contributed by atoms with van der Waals surface area (Å²) in [5.41, 5.74) is 2.78. The first-order valence-electron chi connectivity index (χ1n) is 12.3. The SMILES string of the molecule is Cc1c(C)c2c(c(C)c1O)CCC(C)(C(=O)N[C@@H](CO)C(=O)N1CCN(c3ccc(F)cc3)CC1)O2. The van der Waals surface area contributed by atoms with Crippen molar-refractivity contribution in [2.24, 2.45) is 0 Å². The Morgan fingerprint density at radius 3 is 2.33 bits per heavy atom. The highest BCUT2D eigenvalue weighted by Crippen LogP contribution is 2.43. The lowest BCUT2D eigenvalue weighted by atomic mass is 9.86. The number of carbonyl (C=O) groups is 2. The highest BCUT2D eigenvalue weighted by molar-refractivity contribution is 5.92. The molecule has 1 unspecified atom stereocenters. The fraction of sp³-hybridized carbons (Fsp3) is 0.481. The molecule has 2 heterocycles. The van der Waals surface area contributed by atoms with Crippen molar-refractivity contribution in [3.8, 4) is 11.5 Å². The van der Waals surface area contributed by atoms with Gasteiger partial charge in [0.2, 0.25) is 5.91 Å². The van der Waals surface area contributed by atoms with Gasteiger partial charge in [-0.2, -0.15) is 0 Å². The van der Waals surface area contributed by atoms with Crippen LogP contribution in [0.1, 0.15) is 35.6 Å². The number of amides is 2. The molecule has 36 heavy (non-hydrogen) atoms. The summed E-state index contributed by atoms with van der Waals surface area (Å²) in [6.45, 7) is 8.62. The molecule has 2 amide bonds. The first-order valence-corrected chi connectivity index (χ1v) is 12.3. The number of halogens is 1. The molecule has 1 saturated heterocycles. The zero-order valence-corrected chi connectivity index (χ0v) is 21.2. The normalized spacial score (nSPS) is 20.4. The molecule has 2 aromatic rings. The number of hydrogen-bond donors (Lipinski definition) is 3. The molecule has 1 fully saturated rings. The summed E-state index contributed by atoms with van der Waals surface area (Å²) in [4.78, 5) is 30.1. The van der Waals surface area contributed by atoms with Crippen LogP contribution in [-0.4, -0.2) is 71.4 Å². The van der Waals surface area contributed by atoms with E-state index < -0.39 is 24.2 Å². The Hall–Kier alpha value is -3.33. The second-order valence-corrected chi connectivity index (χ2v) is 9.86. The van der Waals surface area contributed by atoms with Crippen LogP contribution in [0.3, 0.4) is 0 Å². The molecular weight excluding hydrogens is 465 g/mol. The van der Waals surface area contributed by atoms with Gasteiger partial charge < -0.3 is 30.1 Å². The summed E-state index contributed by atoms with van der Waals surface area (Å²) < 4.78 is 19.4. The predicted octanol–water partition coefficient (Wildman–Crippen LogP) is 2.37. The molecule has 9 heteroatoms. The number of nitrogens with zero attached hydrogens (tertiary/aromatic N) is 2. The number of ether oxygens (including phenoxy) is 1. The van der Waals surface area contributed by atoms with Crippen LogP contribution in [-0.2, 0) is 16.0 Å². The number of piperazine rings is 1. The number of aliphatic hydroxyl groups is 1. The van der Waals surface area contributed by atoms with Crippen molar-refractivity contribution in [1.82, 2.24) is 10.2 Å². The smallest absolute Gasteiger partial charge is 0.264 e. The minimum atomic E-state index is -1.22. The number of nitrogens with one attached hydrogen (secondary N) is 1. The van der Waals surface area contributed by atoms with Gasteiger partial charge in [-0.15, -0.1) is 0 Å². The van der Waals surface area contributed by atoms with Crippen LogP contribution >= 0.6 is 0 Å². The Balaban J connectivity index is 1.41. The van der Waals surface area contributed by atoms with Crippen LogP contribution in [0.2, 0.25) is 0 Å². The van der Waals surface area contributed by atoms with Gasteiger partial charge in [-0.25, -0.2) is 4.39 Å². The molecule has 0 bridgehead atoms. The Kier molecular flexibility index (Phi) is 7.13. The molecule has 0 spiro atoms. The van der Waals surface area contributed by atoms with Gasteiger partial charge in [0, 0.05) is 43.9 Å². The number of aromatic hydroxyl groups is 1. The van der Waals surface area contributed by atoms with E-state index in [-0.39, 0.29) is 17.5 Å². The van der Waals surface area contributed by atoms with E-state index in [2.05, 4.69) is 10.2 Å². The van der Waals surface area contributed by atoms with Crippen molar-refractivity contribution < 1.29 is 28.9 Å². The van der Waals surface area contributed by atoms with Crippen molar-refractivity contribution in [1.29, 1.82) is 0 Å². The Labute approximate surface area is 210 Å². The van der Waals surface area contributed by atoms with Gasteiger partial charge in [0.1, 0.15) is 23.4 Å². The maximum Gasteiger partial charge on any atom is 0.264 e. The highest BCUT2D eigenvalue weighted by Gasteiger charge is 2.42. The van der Waals surface area contributed by atoms with Gasteiger partial charge in [-0.3, -0.25) is 9.59 Å². The first-order chi connectivity index (χ1) is 17.1. The van der Waals surface area contributed by atoms with Gasteiger partial charge in [-0.05, 0) is 75.1 Å². The van der Waals surface area contributed by atoms with E-state index in [1.165, 1.54) is 12.1 Å². The summed E-state index contributed by atoms with van der Waals surface area (Å²) in [5, 5.41) is 23.0. The van der Waals surface area contributed by atoms with E-state index in [1.54, 1.807) is 24.0 Å². The summed E-state index contributed by atoms with van der Waals surface area (Å²) in [6, 6.07) is 5.14. The lowest BCUT2D eigenvalue weighted by Crippen LogP contribution is -2.60. The van der Waals surface area contributed by atoms with E-state index in [0.29, 0.717) is 50.3 Å². The van der Waals surface area contributed by atoms with E-state index in [1.807, 2.05) is 20.8 Å². The van der Waals surface area contributed by atoms with E-state index in [4.69, 9.17) is 4.74 Å². The number of anilines is 1. The third kappa shape index (κ3) is 4.72. The van der Waals surface area contributed by atoms with Crippen LogP contribution in [0, 0.1) is 26.6 Å². The average molecular weight is 500 g/mol. The van der Waals surface area contributed by atoms with Gasteiger partial charge in [0.05, 0.1) is 6.61 Å². The number of fused-ring (bicyclic) bond motifs is 1. The van der Waals surface area contributed by atoms with Gasteiger partial charge in [0.15, 0.2) is 5.60 Å². The van der Waals surface area contributed by atoms with Crippen molar-refractivity contribution in [3.05, 3.63) is 52.3 Å². The monoisotopic (exact) mass is 499 g/mol. The minimum absolute atomic E-state index is 0.244. The molecule has 0 saturated carbocycles. The van der Waals surface area contributed by atoms with Crippen molar-refractivity contribution >= 4 is 17.5 Å². The van der Waals surface area contributed by atoms with E-state index in [0.717, 1.165) is 22.4 Å². The maximum absolute atomic E-state index is 13.3. The number of aliphatic hydroxyl groups excluding tert-OH is 1. The van der Waals surface area contributed by atoms with E-state index in [9.17, 15) is 24.2 Å². The Bertz CT molecular complexity index is 1160. The molecule has 194 valence electrons. The zero-order valence-electron chi connectivity index (χ0n) is 21.2. The predicted molar refractivity (Wildman–Crippen MR) is 134 cm³/mol. The molecule has 8 nitrogen and oxygen atoms in total. The topological polar surface area (TPSA) is 102 Å². The molecule has 0 aromatic heterocycles. The highest BCUT2D eigenvalue weighted by atomic mass is 19.1. The third-order valence-corrected chi connectivity index (χ3v) is 7.57. The van der Waals surface area contributed by atoms with Crippen LogP contribution in [0.5, 0.6) is 11.5 Å². The number of rotatable bonds is 5. The zero-order chi connectivity index (χ0) is 26.2. The Morgan fingerprint density at radius 1 is 1.08 bits per heavy atom. The van der Waals surface area contributed by atoms with Crippen molar-refractivity contribution in [3.63, 3.8) is 0 Å². The largest absolute Gasteiger partial charge is 0.507 e. The molecule has 0 radical (unpaired) electrons. The number of carbonyl (C=O) groups excluding carboxylic acids is 2. The van der Waals surface area contributed by atoms with Crippen LogP contribution in [0.15, 0.2) is 24.3 Å². The molecule has 2 atom stereocenters. The maximum atomic E-state index is 13.3. The van der Waals surface area contributed by atoms with E-state index >= 15 is 0 Å². The minimum Gasteiger partial charge on any atom is -0.507 e. The molecule has 0 aliphatic carbocycles. The van der Waals surface area contributed by atoms with Gasteiger partial charge in [-0.1, -0.05) is 0 Å². The fourth-order valence-electron chi connectivity index (χ4n) is 4.96. The lowest BCUT2D eigenvalue weighted by molar-refractivity contribution is -0.144. The number of benzene rings is 2. The molecule has 4 rings (SSSR count).